The van der Waals surface area contributed by atoms with E-state index in [9.17, 15) is 18.4 Å². The van der Waals surface area contributed by atoms with Crippen LogP contribution in [0.2, 0.25) is 0 Å². The number of methoxy groups -OCH3 is 1. The molecule has 2 aromatic carbocycles. The molecule has 4 nitrogen and oxygen atoms in total. The second-order valence-corrected chi connectivity index (χ2v) is 4.55. The summed E-state index contributed by atoms with van der Waals surface area (Å²) >= 11 is 0. The average Bonchev–Trinajstić information content (AvgIpc) is 2.51. The third-order valence-electron chi connectivity index (χ3n) is 3.17. The van der Waals surface area contributed by atoms with E-state index in [0.717, 1.165) is 12.1 Å². The van der Waals surface area contributed by atoms with Crippen molar-refractivity contribution < 1.29 is 23.1 Å². The van der Waals surface area contributed by atoms with Crippen LogP contribution in [0.1, 0.15) is 26.3 Å². The molecule has 0 spiro atoms. The van der Waals surface area contributed by atoms with Gasteiger partial charge in [-0.25, -0.2) is 13.6 Å². The van der Waals surface area contributed by atoms with Gasteiger partial charge in [-0.05, 0) is 42.8 Å². The number of rotatable bonds is 3. The van der Waals surface area contributed by atoms with Crippen molar-refractivity contribution in [3.05, 3.63) is 64.7 Å². The number of esters is 1. The van der Waals surface area contributed by atoms with Crippen LogP contribution in [0.25, 0.3) is 0 Å². The van der Waals surface area contributed by atoms with Gasteiger partial charge in [-0.3, -0.25) is 4.79 Å². The van der Waals surface area contributed by atoms with E-state index < -0.39 is 23.5 Å². The van der Waals surface area contributed by atoms with E-state index in [1.54, 1.807) is 25.1 Å². The van der Waals surface area contributed by atoms with Gasteiger partial charge in [-0.2, -0.15) is 0 Å². The molecule has 0 aliphatic rings. The molecule has 1 amide bonds. The topological polar surface area (TPSA) is 55.4 Å². The van der Waals surface area contributed by atoms with Crippen molar-refractivity contribution in [1.29, 1.82) is 0 Å². The number of hydrogen-bond donors (Lipinski definition) is 1. The Morgan fingerprint density at radius 1 is 1.09 bits per heavy atom. The summed E-state index contributed by atoms with van der Waals surface area (Å²) < 4.78 is 30.7. The van der Waals surface area contributed by atoms with Gasteiger partial charge in [0.25, 0.3) is 5.91 Å². The van der Waals surface area contributed by atoms with Crippen LogP contribution >= 0.6 is 0 Å². The van der Waals surface area contributed by atoms with Gasteiger partial charge in [-0.1, -0.05) is 6.07 Å². The molecule has 22 heavy (non-hydrogen) atoms. The first-order valence-electron chi connectivity index (χ1n) is 6.38. The molecule has 0 radical (unpaired) electrons. The van der Waals surface area contributed by atoms with Gasteiger partial charge in [0.1, 0.15) is 0 Å². The van der Waals surface area contributed by atoms with E-state index in [-0.39, 0.29) is 5.56 Å². The summed E-state index contributed by atoms with van der Waals surface area (Å²) in [6, 6.07) is 7.60. The van der Waals surface area contributed by atoms with Gasteiger partial charge >= 0.3 is 5.97 Å². The third kappa shape index (κ3) is 3.11. The molecule has 2 rings (SSSR count). The molecule has 2 aromatic rings. The number of ether oxygens (including phenoxy) is 1. The van der Waals surface area contributed by atoms with Crippen LogP contribution in [-0.4, -0.2) is 19.0 Å². The molecule has 0 bridgehead atoms. The highest BCUT2D eigenvalue weighted by Gasteiger charge is 2.15. The lowest BCUT2D eigenvalue weighted by Crippen LogP contribution is -2.14. The minimum Gasteiger partial charge on any atom is -0.465 e. The molecule has 0 fully saturated rings. The minimum absolute atomic E-state index is 0.0261. The largest absolute Gasteiger partial charge is 0.465 e. The lowest BCUT2D eigenvalue weighted by Gasteiger charge is -2.11. The van der Waals surface area contributed by atoms with Crippen molar-refractivity contribution >= 4 is 17.6 Å². The fourth-order valence-electron chi connectivity index (χ4n) is 1.93. The lowest BCUT2D eigenvalue weighted by atomic mass is 10.1. The summed E-state index contributed by atoms with van der Waals surface area (Å²) in [4.78, 5) is 23.7. The van der Waals surface area contributed by atoms with Crippen molar-refractivity contribution in [2.45, 2.75) is 6.92 Å². The molecule has 6 heteroatoms. The Hall–Kier alpha value is -2.76. The molecule has 114 valence electrons. The number of amides is 1. The molecule has 0 aliphatic carbocycles. The number of hydrogen-bond acceptors (Lipinski definition) is 3. The number of carbonyl (C=O) groups excluding carboxylic acids is 2. The standard InChI is InChI=1S/C16H13F2NO3/c1-9-11(16(21)22-2)4-3-5-14(9)19-15(20)10-6-7-12(17)13(18)8-10/h3-8H,1-2H3,(H,19,20). The highest BCUT2D eigenvalue weighted by atomic mass is 19.2. The molecule has 0 saturated heterocycles. The smallest absolute Gasteiger partial charge is 0.338 e. The number of halogens is 2. The van der Waals surface area contributed by atoms with Gasteiger partial charge in [0.2, 0.25) is 0 Å². The zero-order valence-electron chi connectivity index (χ0n) is 11.9. The Labute approximate surface area is 125 Å². The number of nitrogens with one attached hydrogen (secondary N) is 1. The van der Waals surface area contributed by atoms with Crippen LogP contribution in [0.15, 0.2) is 36.4 Å². The minimum atomic E-state index is -1.10. The summed E-state index contributed by atoms with van der Waals surface area (Å²) in [5.74, 6) is -3.27. The van der Waals surface area contributed by atoms with Crippen molar-refractivity contribution in [2.75, 3.05) is 12.4 Å². The highest BCUT2D eigenvalue weighted by Crippen LogP contribution is 2.21. The maximum Gasteiger partial charge on any atom is 0.338 e. The van der Waals surface area contributed by atoms with E-state index in [1.807, 2.05) is 0 Å². The molecule has 0 aromatic heterocycles. The number of benzene rings is 2. The van der Waals surface area contributed by atoms with E-state index in [1.165, 1.54) is 13.2 Å². The first kappa shape index (κ1) is 15.6. The average molecular weight is 305 g/mol. The van der Waals surface area contributed by atoms with Crippen LogP contribution in [0.4, 0.5) is 14.5 Å². The van der Waals surface area contributed by atoms with Gasteiger partial charge in [-0.15, -0.1) is 0 Å². The lowest BCUT2D eigenvalue weighted by molar-refractivity contribution is 0.0599. The monoisotopic (exact) mass is 305 g/mol. The Morgan fingerprint density at radius 3 is 2.45 bits per heavy atom. The Balaban J connectivity index is 2.28. The molecule has 1 N–H and O–H groups in total. The summed E-state index contributed by atoms with van der Waals surface area (Å²) in [5.41, 5.74) is 1.19. The maximum atomic E-state index is 13.2. The van der Waals surface area contributed by atoms with Gasteiger partial charge in [0.05, 0.1) is 12.7 Å². The van der Waals surface area contributed by atoms with Crippen molar-refractivity contribution in [3.8, 4) is 0 Å². The van der Waals surface area contributed by atoms with Crippen LogP contribution in [0.3, 0.4) is 0 Å². The second kappa shape index (κ2) is 6.34. The Bertz CT molecular complexity index is 744. The van der Waals surface area contributed by atoms with Crippen molar-refractivity contribution in [2.24, 2.45) is 0 Å². The van der Waals surface area contributed by atoms with E-state index >= 15 is 0 Å². The van der Waals surface area contributed by atoms with Crippen LogP contribution in [0.5, 0.6) is 0 Å². The zero-order valence-corrected chi connectivity index (χ0v) is 11.9. The first-order valence-corrected chi connectivity index (χ1v) is 6.38. The van der Waals surface area contributed by atoms with Gasteiger partial charge < -0.3 is 10.1 Å². The fraction of sp³-hybridized carbons (Fsp3) is 0.125. The fourth-order valence-corrected chi connectivity index (χ4v) is 1.93. The highest BCUT2D eigenvalue weighted by molar-refractivity contribution is 6.05. The molecule has 0 saturated carbocycles. The SMILES string of the molecule is COC(=O)c1cccc(NC(=O)c2ccc(F)c(F)c2)c1C. The summed E-state index contributed by atoms with van der Waals surface area (Å²) in [6.07, 6.45) is 0. The molecule has 0 unspecified atom stereocenters. The summed E-state index contributed by atoms with van der Waals surface area (Å²) in [6.45, 7) is 1.65. The normalized spacial score (nSPS) is 10.2. The Morgan fingerprint density at radius 2 is 1.82 bits per heavy atom. The third-order valence-corrected chi connectivity index (χ3v) is 3.17. The maximum absolute atomic E-state index is 13.2. The zero-order chi connectivity index (χ0) is 16.3. The predicted molar refractivity (Wildman–Crippen MR) is 76.8 cm³/mol. The van der Waals surface area contributed by atoms with E-state index in [4.69, 9.17) is 0 Å². The van der Waals surface area contributed by atoms with Crippen molar-refractivity contribution in [1.82, 2.24) is 0 Å². The molecule has 0 aliphatic heterocycles. The van der Waals surface area contributed by atoms with Crippen LogP contribution in [-0.2, 0) is 4.74 Å². The molecule has 0 heterocycles. The van der Waals surface area contributed by atoms with Crippen LogP contribution in [0, 0.1) is 18.6 Å². The molecular weight excluding hydrogens is 292 g/mol. The number of carbonyl (C=O) groups is 2. The van der Waals surface area contributed by atoms with E-state index in [0.29, 0.717) is 16.8 Å². The van der Waals surface area contributed by atoms with Gasteiger partial charge in [0, 0.05) is 11.3 Å². The van der Waals surface area contributed by atoms with Crippen LogP contribution < -0.4 is 5.32 Å². The summed E-state index contributed by atoms with van der Waals surface area (Å²) in [7, 11) is 1.26. The van der Waals surface area contributed by atoms with E-state index in [2.05, 4.69) is 10.1 Å². The van der Waals surface area contributed by atoms with Gasteiger partial charge in [0.15, 0.2) is 11.6 Å². The Kier molecular flexibility index (Phi) is 4.50. The van der Waals surface area contributed by atoms with Crippen molar-refractivity contribution in [3.63, 3.8) is 0 Å². The first-order chi connectivity index (χ1) is 10.4. The molecule has 0 atom stereocenters. The quantitative estimate of drug-likeness (QED) is 0.885. The molecular formula is C16H13F2NO3. The predicted octanol–water partition coefficient (Wildman–Crippen LogP) is 3.31. The summed E-state index contributed by atoms with van der Waals surface area (Å²) in [5, 5.41) is 2.56. The second-order valence-electron chi connectivity index (χ2n) is 4.55. The number of anilines is 1.